The van der Waals surface area contributed by atoms with Gasteiger partial charge in [-0.3, -0.25) is 0 Å². The van der Waals surface area contributed by atoms with Crippen LogP contribution in [0.1, 0.15) is 28.3 Å². The maximum Gasteiger partial charge on any atom is 0.355 e. The maximum absolute atomic E-state index is 10.6. The monoisotopic (exact) mass is 243 g/mol. The summed E-state index contributed by atoms with van der Waals surface area (Å²) in [5, 5.41) is 11.4. The predicted octanol–water partition coefficient (Wildman–Crippen LogP) is 2.53. The van der Waals surface area contributed by atoms with E-state index in [0.29, 0.717) is 5.92 Å². The molecule has 1 aliphatic rings. The first-order chi connectivity index (χ1) is 7.25. The van der Waals surface area contributed by atoms with E-state index in [0.717, 1.165) is 11.4 Å². The fourth-order valence-electron chi connectivity index (χ4n) is 1.70. The Balaban J connectivity index is 1.94. The van der Waals surface area contributed by atoms with Gasteiger partial charge in [-0.1, -0.05) is 0 Å². The summed E-state index contributed by atoms with van der Waals surface area (Å²) in [7, 11) is 0. The Morgan fingerprint density at radius 2 is 2.27 bits per heavy atom. The molecular weight excluding hydrogens is 230 g/mol. The molecular formula is C10H13NO2S2. The molecule has 1 N–H and O–H groups in total. The molecule has 1 fully saturated rings. The Kier molecular flexibility index (Phi) is 3.64. The number of aromatic carboxylic acids is 1. The van der Waals surface area contributed by atoms with E-state index in [-0.39, 0.29) is 5.69 Å². The second kappa shape index (κ2) is 4.99. The van der Waals surface area contributed by atoms with Gasteiger partial charge in [0.05, 0.1) is 5.01 Å². The van der Waals surface area contributed by atoms with Gasteiger partial charge in [-0.2, -0.15) is 11.8 Å². The number of thioether (sulfide) groups is 1. The van der Waals surface area contributed by atoms with E-state index < -0.39 is 5.97 Å². The first kappa shape index (κ1) is 11.0. The van der Waals surface area contributed by atoms with Crippen molar-refractivity contribution in [2.24, 2.45) is 5.92 Å². The second-order valence-corrected chi connectivity index (χ2v) is 5.86. The molecule has 3 nitrogen and oxygen atoms in total. The quantitative estimate of drug-likeness (QED) is 0.886. The van der Waals surface area contributed by atoms with Crippen molar-refractivity contribution in [1.29, 1.82) is 0 Å². The average molecular weight is 243 g/mol. The molecule has 15 heavy (non-hydrogen) atoms. The van der Waals surface area contributed by atoms with Crippen LogP contribution in [0.4, 0.5) is 0 Å². The number of carboxylic acids is 1. The molecule has 0 amide bonds. The largest absolute Gasteiger partial charge is 0.476 e. The van der Waals surface area contributed by atoms with Crippen molar-refractivity contribution in [2.45, 2.75) is 19.3 Å². The molecule has 0 spiro atoms. The average Bonchev–Trinajstić information content (AvgIpc) is 2.68. The van der Waals surface area contributed by atoms with E-state index in [1.165, 1.54) is 35.7 Å². The zero-order valence-corrected chi connectivity index (χ0v) is 9.94. The minimum absolute atomic E-state index is 0.195. The predicted molar refractivity (Wildman–Crippen MR) is 62.8 cm³/mol. The molecule has 2 heterocycles. The van der Waals surface area contributed by atoms with E-state index in [4.69, 9.17) is 5.11 Å². The lowest BCUT2D eigenvalue weighted by atomic mass is 9.99. The molecule has 1 aromatic heterocycles. The van der Waals surface area contributed by atoms with Crippen LogP contribution in [0, 0.1) is 5.92 Å². The molecule has 0 unspecified atom stereocenters. The van der Waals surface area contributed by atoms with Gasteiger partial charge in [0.15, 0.2) is 5.69 Å². The van der Waals surface area contributed by atoms with Crippen LogP contribution in [0.15, 0.2) is 5.38 Å². The van der Waals surface area contributed by atoms with Crippen LogP contribution in [-0.4, -0.2) is 27.6 Å². The van der Waals surface area contributed by atoms with Crippen molar-refractivity contribution >= 4 is 29.1 Å². The lowest BCUT2D eigenvalue weighted by molar-refractivity contribution is 0.0691. The molecule has 0 saturated carbocycles. The number of nitrogens with zero attached hydrogens (tertiary/aromatic N) is 1. The third-order valence-electron chi connectivity index (χ3n) is 2.58. The molecule has 1 aromatic rings. The standard InChI is InChI=1S/C10H13NO2S2/c12-10(13)8-6-15-9(11-8)5-7-1-3-14-4-2-7/h6-7H,1-5H2,(H,12,13). The molecule has 0 radical (unpaired) electrons. The number of thiazole rings is 1. The van der Waals surface area contributed by atoms with Gasteiger partial charge in [-0.05, 0) is 30.3 Å². The van der Waals surface area contributed by atoms with Crippen molar-refractivity contribution in [3.8, 4) is 0 Å². The number of rotatable bonds is 3. The van der Waals surface area contributed by atoms with Crippen LogP contribution in [0.3, 0.4) is 0 Å². The molecule has 0 bridgehead atoms. The Morgan fingerprint density at radius 1 is 1.53 bits per heavy atom. The highest BCUT2D eigenvalue weighted by atomic mass is 32.2. The normalized spacial score (nSPS) is 17.9. The van der Waals surface area contributed by atoms with Crippen molar-refractivity contribution in [2.75, 3.05) is 11.5 Å². The Bertz CT molecular complexity index is 345. The van der Waals surface area contributed by atoms with E-state index in [9.17, 15) is 4.79 Å². The van der Waals surface area contributed by atoms with E-state index in [1.54, 1.807) is 5.38 Å². The number of hydrogen-bond donors (Lipinski definition) is 1. The molecule has 1 saturated heterocycles. The zero-order chi connectivity index (χ0) is 10.7. The van der Waals surface area contributed by atoms with Gasteiger partial charge in [-0.25, -0.2) is 9.78 Å². The Hall–Kier alpha value is -0.550. The third kappa shape index (κ3) is 2.95. The summed E-state index contributed by atoms with van der Waals surface area (Å²) in [5.41, 5.74) is 0.195. The molecule has 5 heteroatoms. The summed E-state index contributed by atoms with van der Waals surface area (Å²) in [4.78, 5) is 14.8. The van der Waals surface area contributed by atoms with Crippen molar-refractivity contribution < 1.29 is 9.90 Å². The highest BCUT2D eigenvalue weighted by molar-refractivity contribution is 7.99. The van der Waals surface area contributed by atoms with Crippen molar-refractivity contribution in [3.63, 3.8) is 0 Å². The molecule has 2 rings (SSSR count). The SMILES string of the molecule is O=C(O)c1csc(CC2CCSCC2)n1. The van der Waals surface area contributed by atoms with Gasteiger partial charge >= 0.3 is 5.97 Å². The third-order valence-corrected chi connectivity index (χ3v) is 4.49. The highest BCUT2D eigenvalue weighted by Crippen LogP contribution is 2.26. The number of carboxylic acid groups (broad SMARTS) is 1. The van der Waals surface area contributed by atoms with E-state index in [1.807, 2.05) is 11.8 Å². The molecule has 82 valence electrons. The van der Waals surface area contributed by atoms with Crippen molar-refractivity contribution in [1.82, 2.24) is 4.98 Å². The van der Waals surface area contributed by atoms with Gasteiger partial charge < -0.3 is 5.11 Å². The maximum atomic E-state index is 10.6. The van der Waals surface area contributed by atoms with Crippen molar-refractivity contribution in [3.05, 3.63) is 16.1 Å². The first-order valence-corrected chi connectivity index (χ1v) is 7.04. The summed E-state index contributed by atoms with van der Waals surface area (Å²) in [5.74, 6) is 2.26. The van der Waals surface area contributed by atoms with Crippen LogP contribution in [0.5, 0.6) is 0 Å². The topological polar surface area (TPSA) is 50.2 Å². The minimum Gasteiger partial charge on any atom is -0.476 e. The van der Waals surface area contributed by atoms with Gasteiger partial charge in [0.25, 0.3) is 0 Å². The lowest BCUT2D eigenvalue weighted by Crippen LogP contribution is -2.12. The van der Waals surface area contributed by atoms with Gasteiger partial charge in [0, 0.05) is 11.8 Å². The summed E-state index contributed by atoms with van der Waals surface area (Å²) in [6, 6.07) is 0. The number of aromatic nitrogens is 1. The fourth-order valence-corrected chi connectivity index (χ4v) is 3.79. The first-order valence-electron chi connectivity index (χ1n) is 5.01. The summed E-state index contributed by atoms with van der Waals surface area (Å²) in [6.45, 7) is 0. The van der Waals surface area contributed by atoms with Crippen LogP contribution in [0.2, 0.25) is 0 Å². The van der Waals surface area contributed by atoms with Crippen LogP contribution < -0.4 is 0 Å². The smallest absolute Gasteiger partial charge is 0.355 e. The minimum atomic E-state index is -0.920. The molecule has 0 aliphatic carbocycles. The number of carbonyl (C=O) groups is 1. The van der Waals surface area contributed by atoms with Gasteiger partial charge in [0.1, 0.15) is 0 Å². The van der Waals surface area contributed by atoms with Crippen LogP contribution >= 0.6 is 23.1 Å². The highest BCUT2D eigenvalue weighted by Gasteiger charge is 2.17. The summed E-state index contributed by atoms with van der Waals surface area (Å²) < 4.78 is 0. The molecule has 0 aromatic carbocycles. The summed E-state index contributed by atoms with van der Waals surface area (Å²) in [6.07, 6.45) is 3.44. The molecule has 0 atom stereocenters. The van der Waals surface area contributed by atoms with E-state index in [2.05, 4.69) is 4.98 Å². The summed E-state index contributed by atoms with van der Waals surface area (Å²) >= 11 is 3.48. The Labute approximate surface area is 96.9 Å². The van der Waals surface area contributed by atoms with Gasteiger partial charge in [-0.15, -0.1) is 11.3 Å². The van der Waals surface area contributed by atoms with Gasteiger partial charge in [0.2, 0.25) is 0 Å². The fraction of sp³-hybridized carbons (Fsp3) is 0.600. The Morgan fingerprint density at radius 3 is 2.87 bits per heavy atom. The van der Waals surface area contributed by atoms with E-state index >= 15 is 0 Å². The number of hydrogen-bond acceptors (Lipinski definition) is 4. The van der Waals surface area contributed by atoms with Crippen LogP contribution in [0.25, 0.3) is 0 Å². The van der Waals surface area contributed by atoms with Crippen LogP contribution in [-0.2, 0) is 6.42 Å². The lowest BCUT2D eigenvalue weighted by Gasteiger charge is -2.19. The zero-order valence-electron chi connectivity index (χ0n) is 8.31. The second-order valence-electron chi connectivity index (χ2n) is 3.69. The molecule has 1 aliphatic heterocycles.